The van der Waals surface area contributed by atoms with Gasteiger partial charge in [0, 0.05) is 5.69 Å². The Bertz CT molecular complexity index is 510. The summed E-state index contributed by atoms with van der Waals surface area (Å²) >= 11 is 0. The number of H-pyrrole nitrogens is 1. The third-order valence-electron chi connectivity index (χ3n) is 2.40. The summed E-state index contributed by atoms with van der Waals surface area (Å²) in [4.78, 5) is 16.1. The number of rotatable bonds is 5. The maximum Gasteiger partial charge on any atom is 0.276 e. The van der Waals surface area contributed by atoms with E-state index in [-0.39, 0.29) is 11.9 Å². The lowest BCUT2D eigenvalue weighted by Crippen LogP contribution is -2.15. The molecule has 0 aliphatic carbocycles. The van der Waals surface area contributed by atoms with E-state index in [9.17, 15) is 4.79 Å². The highest BCUT2D eigenvalue weighted by molar-refractivity contribution is 6.01. The van der Waals surface area contributed by atoms with Crippen molar-refractivity contribution in [2.45, 2.75) is 26.2 Å². The summed E-state index contributed by atoms with van der Waals surface area (Å²) in [5.74, 6) is -0.118. The number of pyridine rings is 1. The van der Waals surface area contributed by atoms with Gasteiger partial charge in [0.25, 0.3) is 5.91 Å². The van der Waals surface area contributed by atoms with Crippen LogP contribution in [0.3, 0.4) is 0 Å². The molecule has 0 saturated heterocycles. The predicted molar refractivity (Wildman–Crippen MR) is 65.0 cm³/mol. The summed E-state index contributed by atoms with van der Waals surface area (Å²) in [6.07, 6.45) is 3.04. The molecular formula is C11H14N6O. The number of nitrogens with one attached hydrogen (secondary N) is 2. The number of tetrazole rings is 1. The molecule has 0 saturated carbocycles. The van der Waals surface area contributed by atoms with Crippen LogP contribution in [0.2, 0.25) is 0 Å². The van der Waals surface area contributed by atoms with Gasteiger partial charge in [-0.2, -0.15) is 0 Å². The molecular weight excluding hydrogens is 232 g/mol. The summed E-state index contributed by atoms with van der Waals surface area (Å²) in [7, 11) is 0. The number of amides is 1. The minimum atomic E-state index is -0.327. The smallest absolute Gasteiger partial charge is 0.276 e. The first-order chi connectivity index (χ1) is 8.79. The Kier molecular flexibility index (Phi) is 3.95. The zero-order valence-corrected chi connectivity index (χ0v) is 10.1. The van der Waals surface area contributed by atoms with Crippen molar-refractivity contribution in [2.75, 3.05) is 5.32 Å². The van der Waals surface area contributed by atoms with Gasteiger partial charge in [0.2, 0.25) is 5.95 Å². The highest BCUT2D eigenvalue weighted by Gasteiger charge is 2.09. The van der Waals surface area contributed by atoms with Crippen LogP contribution in [0.15, 0.2) is 18.2 Å². The first kappa shape index (κ1) is 12.2. The Balaban J connectivity index is 2.05. The quantitative estimate of drug-likeness (QED) is 0.826. The van der Waals surface area contributed by atoms with Crippen molar-refractivity contribution >= 4 is 11.9 Å². The van der Waals surface area contributed by atoms with Crippen molar-refractivity contribution in [1.29, 1.82) is 0 Å². The van der Waals surface area contributed by atoms with Crippen LogP contribution in [0, 0.1) is 0 Å². The van der Waals surface area contributed by atoms with Gasteiger partial charge in [0.15, 0.2) is 0 Å². The maximum absolute atomic E-state index is 11.8. The number of aromatic amines is 1. The van der Waals surface area contributed by atoms with Crippen LogP contribution in [0.1, 0.15) is 35.9 Å². The molecule has 2 N–H and O–H groups in total. The van der Waals surface area contributed by atoms with E-state index in [4.69, 9.17) is 0 Å². The lowest BCUT2D eigenvalue weighted by atomic mass is 10.2. The summed E-state index contributed by atoms with van der Waals surface area (Å²) < 4.78 is 0. The number of hydrogen-bond acceptors (Lipinski definition) is 5. The minimum Gasteiger partial charge on any atom is -0.288 e. The number of carbonyl (C=O) groups is 1. The van der Waals surface area contributed by atoms with E-state index in [0.29, 0.717) is 5.69 Å². The van der Waals surface area contributed by atoms with E-state index >= 15 is 0 Å². The molecule has 18 heavy (non-hydrogen) atoms. The molecule has 0 unspecified atom stereocenters. The molecule has 2 heterocycles. The Labute approximate surface area is 104 Å². The first-order valence-corrected chi connectivity index (χ1v) is 5.80. The molecule has 0 aliphatic heterocycles. The molecule has 2 aromatic rings. The number of hydrogen-bond donors (Lipinski definition) is 2. The van der Waals surface area contributed by atoms with Crippen LogP contribution in [0.25, 0.3) is 0 Å². The fourth-order valence-electron chi connectivity index (χ4n) is 1.49. The van der Waals surface area contributed by atoms with Crippen LogP contribution < -0.4 is 5.32 Å². The van der Waals surface area contributed by atoms with Crippen LogP contribution >= 0.6 is 0 Å². The summed E-state index contributed by atoms with van der Waals surface area (Å²) in [6.45, 7) is 2.12. The average molecular weight is 246 g/mol. The number of nitrogens with zero attached hydrogens (tertiary/aromatic N) is 4. The molecule has 0 spiro atoms. The number of carbonyl (C=O) groups excluding carboxylic acids is 1. The largest absolute Gasteiger partial charge is 0.288 e. The van der Waals surface area contributed by atoms with Gasteiger partial charge < -0.3 is 0 Å². The fourth-order valence-corrected chi connectivity index (χ4v) is 1.49. The lowest BCUT2D eigenvalue weighted by molar-refractivity contribution is 0.102. The van der Waals surface area contributed by atoms with E-state index in [1.807, 2.05) is 12.1 Å². The molecule has 1 amide bonds. The predicted octanol–water partition coefficient (Wildman–Crippen LogP) is 1.19. The third-order valence-corrected chi connectivity index (χ3v) is 2.40. The molecule has 0 radical (unpaired) electrons. The summed E-state index contributed by atoms with van der Waals surface area (Å²) in [6, 6.07) is 5.41. The normalized spacial score (nSPS) is 10.3. The second-order valence-corrected chi connectivity index (χ2v) is 3.82. The van der Waals surface area contributed by atoms with Crippen molar-refractivity contribution in [3.63, 3.8) is 0 Å². The molecule has 0 fully saturated rings. The van der Waals surface area contributed by atoms with Crippen LogP contribution in [0.5, 0.6) is 0 Å². The third kappa shape index (κ3) is 3.09. The molecule has 94 valence electrons. The molecule has 7 nitrogen and oxygen atoms in total. The average Bonchev–Trinajstić information content (AvgIpc) is 2.89. The summed E-state index contributed by atoms with van der Waals surface area (Å²) in [5, 5.41) is 15.3. The van der Waals surface area contributed by atoms with Crippen molar-refractivity contribution in [2.24, 2.45) is 0 Å². The highest BCUT2D eigenvalue weighted by atomic mass is 16.2. The number of anilines is 1. The maximum atomic E-state index is 11.8. The Morgan fingerprint density at radius 3 is 3.06 bits per heavy atom. The van der Waals surface area contributed by atoms with Gasteiger partial charge >= 0.3 is 0 Å². The standard InChI is InChI=1S/C11H14N6O/c1-2-3-5-8-6-4-7-9(12-8)10(18)13-11-14-16-17-15-11/h4,6-7H,2-3,5H2,1H3,(H2,13,14,15,16,17,18). The Morgan fingerprint density at radius 2 is 2.33 bits per heavy atom. The zero-order valence-electron chi connectivity index (χ0n) is 10.1. The van der Waals surface area contributed by atoms with Crippen LogP contribution in [-0.4, -0.2) is 31.5 Å². The lowest BCUT2D eigenvalue weighted by Gasteiger charge is -2.03. The topological polar surface area (TPSA) is 96.5 Å². The van der Waals surface area contributed by atoms with Gasteiger partial charge in [-0.25, -0.2) is 10.1 Å². The second kappa shape index (κ2) is 5.85. The van der Waals surface area contributed by atoms with Gasteiger partial charge in [-0.15, -0.1) is 0 Å². The minimum absolute atomic E-state index is 0.209. The summed E-state index contributed by atoms with van der Waals surface area (Å²) in [5.41, 5.74) is 1.28. The Hall–Kier alpha value is -2.31. The molecule has 2 aromatic heterocycles. The number of unbranched alkanes of at least 4 members (excludes halogenated alkanes) is 1. The van der Waals surface area contributed by atoms with Gasteiger partial charge in [-0.3, -0.25) is 10.1 Å². The Morgan fingerprint density at radius 1 is 1.44 bits per heavy atom. The number of aryl methyl sites for hydroxylation is 1. The molecule has 2 rings (SSSR count). The molecule has 0 atom stereocenters. The van der Waals surface area contributed by atoms with Gasteiger partial charge in [-0.1, -0.05) is 24.5 Å². The van der Waals surface area contributed by atoms with E-state index in [1.54, 1.807) is 6.07 Å². The SMILES string of the molecule is CCCCc1cccc(C(=O)Nc2nnn[nH]2)n1. The van der Waals surface area contributed by atoms with Crippen LogP contribution in [0.4, 0.5) is 5.95 Å². The van der Waals surface area contributed by atoms with Gasteiger partial charge in [0.1, 0.15) is 5.69 Å². The van der Waals surface area contributed by atoms with E-state index in [1.165, 1.54) is 0 Å². The molecule has 0 aromatic carbocycles. The van der Waals surface area contributed by atoms with E-state index in [2.05, 4.69) is 37.8 Å². The van der Waals surface area contributed by atoms with Gasteiger partial charge in [0.05, 0.1) is 0 Å². The zero-order chi connectivity index (χ0) is 12.8. The van der Waals surface area contributed by atoms with Gasteiger partial charge in [-0.05, 0) is 35.4 Å². The molecule has 7 heteroatoms. The van der Waals surface area contributed by atoms with E-state index in [0.717, 1.165) is 25.0 Å². The first-order valence-electron chi connectivity index (χ1n) is 5.80. The van der Waals surface area contributed by atoms with Crippen molar-refractivity contribution in [3.8, 4) is 0 Å². The van der Waals surface area contributed by atoms with Crippen LogP contribution in [-0.2, 0) is 6.42 Å². The number of aromatic nitrogens is 5. The second-order valence-electron chi connectivity index (χ2n) is 3.82. The fraction of sp³-hybridized carbons (Fsp3) is 0.364. The van der Waals surface area contributed by atoms with Crippen molar-refractivity contribution in [1.82, 2.24) is 25.6 Å². The van der Waals surface area contributed by atoms with E-state index < -0.39 is 0 Å². The molecule has 0 aliphatic rings. The molecule has 0 bridgehead atoms. The monoisotopic (exact) mass is 246 g/mol. The van der Waals surface area contributed by atoms with Crippen molar-refractivity contribution in [3.05, 3.63) is 29.6 Å². The van der Waals surface area contributed by atoms with Crippen molar-refractivity contribution < 1.29 is 4.79 Å². The highest BCUT2D eigenvalue weighted by Crippen LogP contribution is 2.05.